The van der Waals surface area contributed by atoms with Gasteiger partial charge in [0.2, 0.25) is 5.91 Å². The van der Waals surface area contributed by atoms with Crippen molar-refractivity contribution in [2.75, 3.05) is 6.61 Å². The number of amides is 1. The highest BCUT2D eigenvalue weighted by molar-refractivity contribution is 6.04. The van der Waals surface area contributed by atoms with E-state index in [0.29, 0.717) is 25.9 Å². The molecule has 0 spiro atoms. The molecular weight excluding hydrogens is 270 g/mol. The Hall–Kier alpha value is -1.88. The van der Waals surface area contributed by atoms with E-state index in [4.69, 9.17) is 9.84 Å². The average Bonchev–Trinajstić information content (AvgIpc) is 3.30. The summed E-state index contributed by atoms with van der Waals surface area (Å²) < 4.78 is 5.76. The lowest BCUT2D eigenvalue weighted by Gasteiger charge is -2.31. The summed E-state index contributed by atoms with van der Waals surface area (Å²) in [5.41, 5.74) is -0.0728. The van der Waals surface area contributed by atoms with Crippen molar-refractivity contribution in [3.05, 3.63) is 35.9 Å². The molecule has 0 aromatic heterocycles. The number of carboxylic acids is 1. The molecule has 21 heavy (non-hydrogen) atoms. The molecule has 1 aromatic carbocycles. The molecule has 1 aliphatic carbocycles. The molecule has 1 aromatic rings. The van der Waals surface area contributed by atoms with Crippen LogP contribution in [0.4, 0.5) is 0 Å². The third kappa shape index (κ3) is 2.78. The minimum Gasteiger partial charge on any atom is -0.480 e. The first-order chi connectivity index (χ1) is 10.1. The topological polar surface area (TPSA) is 75.6 Å². The van der Waals surface area contributed by atoms with Crippen molar-refractivity contribution in [3.8, 4) is 0 Å². The highest BCUT2D eigenvalue weighted by atomic mass is 16.5. The fourth-order valence-electron chi connectivity index (χ4n) is 2.81. The van der Waals surface area contributed by atoms with Gasteiger partial charge in [0.15, 0.2) is 0 Å². The van der Waals surface area contributed by atoms with E-state index in [1.165, 1.54) is 0 Å². The lowest BCUT2D eigenvalue weighted by Crippen LogP contribution is -2.45. The molecule has 1 aliphatic heterocycles. The zero-order chi connectivity index (χ0) is 14.9. The van der Waals surface area contributed by atoms with Gasteiger partial charge in [-0.25, -0.2) is 0 Å². The van der Waals surface area contributed by atoms with Crippen molar-refractivity contribution in [2.45, 2.75) is 37.8 Å². The first-order valence-corrected chi connectivity index (χ1v) is 7.33. The van der Waals surface area contributed by atoms with Crippen LogP contribution in [0.25, 0.3) is 0 Å². The van der Waals surface area contributed by atoms with E-state index in [-0.39, 0.29) is 18.1 Å². The van der Waals surface area contributed by atoms with Gasteiger partial charge >= 0.3 is 5.97 Å². The Morgan fingerprint density at radius 1 is 1.24 bits per heavy atom. The summed E-state index contributed by atoms with van der Waals surface area (Å²) >= 11 is 0. The van der Waals surface area contributed by atoms with Crippen molar-refractivity contribution >= 4 is 11.9 Å². The van der Waals surface area contributed by atoms with E-state index in [9.17, 15) is 9.59 Å². The zero-order valence-electron chi connectivity index (χ0n) is 11.7. The summed E-state index contributed by atoms with van der Waals surface area (Å²) in [6.07, 6.45) is 2.26. The quantitative estimate of drug-likeness (QED) is 0.830. The second-order valence-corrected chi connectivity index (χ2v) is 5.85. The fraction of sp³-hybridized carbons (Fsp3) is 0.500. The van der Waals surface area contributed by atoms with Crippen LogP contribution in [-0.4, -0.2) is 29.6 Å². The van der Waals surface area contributed by atoms with Gasteiger partial charge < -0.3 is 15.2 Å². The Balaban J connectivity index is 1.62. The summed E-state index contributed by atoms with van der Waals surface area (Å²) in [7, 11) is 0. The largest absolute Gasteiger partial charge is 0.480 e. The van der Waals surface area contributed by atoms with E-state index in [1.54, 1.807) is 0 Å². The first kappa shape index (κ1) is 14.1. The van der Waals surface area contributed by atoms with Gasteiger partial charge in [-0.3, -0.25) is 9.59 Å². The van der Waals surface area contributed by atoms with E-state index in [2.05, 4.69) is 5.32 Å². The number of carbonyl (C=O) groups is 2. The van der Waals surface area contributed by atoms with Gasteiger partial charge in [-0.05, 0) is 31.2 Å². The Morgan fingerprint density at radius 3 is 2.57 bits per heavy atom. The van der Waals surface area contributed by atoms with Gasteiger partial charge in [0, 0.05) is 12.6 Å². The molecule has 2 N–H and O–H groups in total. The third-order valence-electron chi connectivity index (χ3n) is 4.38. The molecule has 0 radical (unpaired) electrons. The normalized spacial score (nSPS) is 26.9. The van der Waals surface area contributed by atoms with Gasteiger partial charge in [0.05, 0.1) is 6.10 Å². The second kappa shape index (κ2) is 5.48. The predicted molar refractivity (Wildman–Crippen MR) is 75.6 cm³/mol. The maximum atomic E-state index is 12.1. The molecule has 1 saturated carbocycles. The minimum atomic E-state index is -1.17. The van der Waals surface area contributed by atoms with E-state index in [0.717, 1.165) is 12.0 Å². The van der Waals surface area contributed by atoms with Crippen LogP contribution in [0.3, 0.4) is 0 Å². The van der Waals surface area contributed by atoms with Crippen LogP contribution in [0.2, 0.25) is 0 Å². The summed E-state index contributed by atoms with van der Waals surface area (Å²) in [5.74, 6) is -1.35. The maximum Gasteiger partial charge on any atom is 0.319 e. The second-order valence-electron chi connectivity index (χ2n) is 5.85. The van der Waals surface area contributed by atoms with Gasteiger partial charge in [-0.1, -0.05) is 30.3 Å². The van der Waals surface area contributed by atoms with Crippen LogP contribution in [0.1, 0.15) is 37.4 Å². The number of carbonyl (C=O) groups excluding carboxylic acids is 1. The Kier molecular flexibility index (Phi) is 3.68. The predicted octanol–water partition coefficient (Wildman–Crippen LogP) is 1.89. The molecule has 112 valence electrons. The highest BCUT2D eigenvalue weighted by Gasteiger charge is 2.57. The molecule has 2 aliphatic rings. The Bertz CT molecular complexity index is 538. The molecule has 2 atom stereocenters. The summed E-state index contributed by atoms with van der Waals surface area (Å²) in [4.78, 5) is 23.3. The number of carboxylic acid groups (broad SMARTS) is 1. The molecular formula is C16H19NO4. The molecule has 2 unspecified atom stereocenters. The van der Waals surface area contributed by atoms with Crippen molar-refractivity contribution in [2.24, 2.45) is 5.41 Å². The van der Waals surface area contributed by atoms with Crippen LogP contribution in [0, 0.1) is 5.41 Å². The molecule has 5 nitrogen and oxygen atoms in total. The zero-order valence-corrected chi connectivity index (χ0v) is 11.7. The molecule has 2 fully saturated rings. The Morgan fingerprint density at radius 2 is 1.95 bits per heavy atom. The summed E-state index contributed by atoms with van der Waals surface area (Å²) in [6, 6.07) is 9.88. The SMILES string of the molecule is O=C(O)C1(C(=O)NC2CCOC(c3ccccc3)C2)CC1. The average molecular weight is 289 g/mol. The van der Waals surface area contributed by atoms with Gasteiger partial charge in [0.25, 0.3) is 0 Å². The van der Waals surface area contributed by atoms with E-state index < -0.39 is 11.4 Å². The molecule has 1 heterocycles. The van der Waals surface area contributed by atoms with Crippen molar-refractivity contribution in [1.29, 1.82) is 0 Å². The fourth-order valence-corrected chi connectivity index (χ4v) is 2.81. The van der Waals surface area contributed by atoms with E-state index >= 15 is 0 Å². The summed E-state index contributed by atoms with van der Waals surface area (Å²) in [5, 5.41) is 12.1. The lowest BCUT2D eigenvalue weighted by molar-refractivity contribution is -0.149. The molecule has 3 rings (SSSR count). The van der Waals surface area contributed by atoms with Crippen molar-refractivity contribution in [3.63, 3.8) is 0 Å². The number of benzene rings is 1. The number of hydrogen-bond donors (Lipinski definition) is 2. The smallest absolute Gasteiger partial charge is 0.319 e. The third-order valence-corrected chi connectivity index (χ3v) is 4.38. The molecule has 5 heteroatoms. The van der Waals surface area contributed by atoms with Gasteiger partial charge in [-0.15, -0.1) is 0 Å². The monoisotopic (exact) mass is 289 g/mol. The standard InChI is InChI=1S/C16H19NO4/c18-14(16(7-8-16)15(19)20)17-12-6-9-21-13(10-12)11-4-2-1-3-5-11/h1-5,12-13H,6-10H2,(H,17,18)(H,19,20). The number of ether oxygens (including phenoxy) is 1. The number of nitrogens with one attached hydrogen (secondary N) is 1. The van der Waals surface area contributed by atoms with Crippen molar-refractivity contribution < 1.29 is 19.4 Å². The number of hydrogen-bond acceptors (Lipinski definition) is 3. The van der Waals surface area contributed by atoms with E-state index in [1.807, 2.05) is 30.3 Å². The van der Waals surface area contributed by atoms with Gasteiger partial charge in [-0.2, -0.15) is 0 Å². The van der Waals surface area contributed by atoms with Crippen molar-refractivity contribution in [1.82, 2.24) is 5.32 Å². The van der Waals surface area contributed by atoms with Crippen LogP contribution < -0.4 is 5.32 Å². The first-order valence-electron chi connectivity index (χ1n) is 7.33. The number of aliphatic carboxylic acids is 1. The van der Waals surface area contributed by atoms with Crippen LogP contribution in [-0.2, 0) is 14.3 Å². The molecule has 1 amide bonds. The lowest BCUT2D eigenvalue weighted by atomic mass is 9.96. The minimum absolute atomic E-state index is 0.0201. The molecule has 1 saturated heterocycles. The van der Waals surface area contributed by atoms with Crippen LogP contribution in [0.5, 0.6) is 0 Å². The van der Waals surface area contributed by atoms with Crippen LogP contribution in [0.15, 0.2) is 30.3 Å². The maximum absolute atomic E-state index is 12.1. The number of rotatable bonds is 4. The highest BCUT2D eigenvalue weighted by Crippen LogP contribution is 2.46. The van der Waals surface area contributed by atoms with Crippen LogP contribution >= 0.6 is 0 Å². The summed E-state index contributed by atoms with van der Waals surface area (Å²) in [6.45, 7) is 0.574. The van der Waals surface area contributed by atoms with Gasteiger partial charge in [0.1, 0.15) is 5.41 Å². The Labute approximate surface area is 123 Å². The molecule has 0 bridgehead atoms.